The van der Waals surface area contributed by atoms with E-state index in [1.54, 1.807) is 18.2 Å². The molecule has 1 fully saturated rings. The molecule has 3 N–H and O–H groups in total. The van der Waals surface area contributed by atoms with Crippen molar-refractivity contribution in [3.8, 4) is 5.75 Å². The topological polar surface area (TPSA) is 63.9 Å². The molecular weight excluding hydrogens is 242 g/mol. The van der Waals surface area contributed by atoms with Crippen molar-refractivity contribution in [2.24, 2.45) is 5.92 Å². The van der Waals surface area contributed by atoms with Gasteiger partial charge in [0.2, 0.25) is 0 Å². The number of phenolic OH excluding ortho intramolecular Hbond substituents is 1. The van der Waals surface area contributed by atoms with Crippen LogP contribution in [0.1, 0.15) is 5.56 Å². The number of nitrogens with zero attached hydrogens (tertiary/aromatic N) is 1. The zero-order chi connectivity index (χ0) is 12.4. The lowest BCUT2D eigenvalue weighted by molar-refractivity contribution is 0.103. The Kier molecular flexibility index (Phi) is 3.89. The number of likely N-dealkylation sites (tertiary alicyclic amines) is 1. The molecule has 2 rings (SSSR count). The van der Waals surface area contributed by atoms with Crippen molar-refractivity contribution >= 4 is 11.6 Å². The summed E-state index contributed by atoms with van der Waals surface area (Å²) >= 11 is 5.83. The third kappa shape index (κ3) is 2.90. The zero-order valence-corrected chi connectivity index (χ0v) is 10.1. The first-order valence-corrected chi connectivity index (χ1v) is 5.96. The fourth-order valence-corrected chi connectivity index (χ4v) is 2.36. The summed E-state index contributed by atoms with van der Waals surface area (Å²) in [5, 5.41) is 28.4. The number of hydrogen-bond donors (Lipinski definition) is 3. The predicted octanol–water partition coefficient (Wildman–Crippen LogP) is 0.831. The molecule has 2 unspecified atom stereocenters. The molecule has 0 radical (unpaired) electrons. The quantitative estimate of drug-likeness (QED) is 0.751. The highest BCUT2D eigenvalue weighted by Crippen LogP contribution is 2.25. The number of halogens is 1. The van der Waals surface area contributed by atoms with Crippen molar-refractivity contribution in [2.45, 2.75) is 12.6 Å². The van der Waals surface area contributed by atoms with E-state index in [1.165, 1.54) is 0 Å². The molecule has 2 atom stereocenters. The third-order valence-corrected chi connectivity index (χ3v) is 3.44. The van der Waals surface area contributed by atoms with Crippen LogP contribution >= 0.6 is 11.6 Å². The van der Waals surface area contributed by atoms with Gasteiger partial charge in [0.15, 0.2) is 0 Å². The average Bonchev–Trinajstić information content (AvgIpc) is 2.64. The number of aliphatic hydroxyl groups excluding tert-OH is 2. The number of aliphatic hydroxyl groups is 2. The molecule has 17 heavy (non-hydrogen) atoms. The normalized spacial score (nSPS) is 25.4. The summed E-state index contributed by atoms with van der Waals surface area (Å²) in [6.07, 6.45) is -0.465. The Labute approximate surface area is 105 Å². The first-order chi connectivity index (χ1) is 8.10. The number of hydrogen-bond acceptors (Lipinski definition) is 4. The van der Waals surface area contributed by atoms with Gasteiger partial charge in [0.25, 0.3) is 0 Å². The molecule has 1 heterocycles. The van der Waals surface area contributed by atoms with Gasteiger partial charge in [-0.15, -0.1) is 0 Å². The van der Waals surface area contributed by atoms with Crippen LogP contribution in [0, 0.1) is 5.92 Å². The van der Waals surface area contributed by atoms with Gasteiger partial charge >= 0.3 is 0 Å². The second-order valence-corrected chi connectivity index (χ2v) is 4.90. The van der Waals surface area contributed by atoms with Crippen molar-refractivity contribution in [2.75, 3.05) is 19.7 Å². The van der Waals surface area contributed by atoms with Crippen LogP contribution in [-0.4, -0.2) is 46.0 Å². The first-order valence-electron chi connectivity index (χ1n) is 5.59. The van der Waals surface area contributed by atoms with Gasteiger partial charge in [-0.05, 0) is 17.7 Å². The highest BCUT2D eigenvalue weighted by atomic mass is 35.5. The van der Waals surface area contributed by atoms with Crippen LogP contribution in [0.25, 0.3) is 0 Å². The number of aromatic hydroxyl groups is 1. The van der Waals surface area contributed by atoms with Crippen molar-refractivity contribution in [3.63, 3.8) is 0 Å². The van der Waals surface area contributed by atoms with E-state index in [-0.39, 0.29) is 18.3 Å². The first kappa shape index (κ1) is 12.6. The van der Waals surface area contributed by atoms with Crippen LogP contribution in [0.2, 0.25) is 5.02 Å². The maximum Gasteiger partial charge on any atom is 0.134 e. The lowest BCUT2D eigenvalue weighted by Crippen LogP contribution is -2.21. The molecule has 0 saturated carbocycles. The lowest BCUT2D eigenvalue weighted by Gasteiger charge is -2.15. The van der Waals surface area contributed by atoms with Crippen molar-refractivity contribution < 1.29 is 15.3 Å². The molecule has 1 aromatic rings. The average molecular weight is 258 g/mol. The Hall–Kier alpha value is -0.810. The van der Waals surface area contributed by atoms with Crippen LogP contribution in [0.5, 0.6) is 5.75 Å². The van der Waals surface area contributed by atoms with E-state index < -0.39 is 6.10 Å². The molecule has 0 spiro atoms. The summed E-state index contributed by atoms with van der Waals surface area (Å²) in [5.74, 6) is 0.00713. The third-order valence-electron chi connectivity index (χ3n) is 3.13. The van der Waals surface area contributed by atoms with Crippen molar-refractivity contribution in [1.82, 2.24) is 4.90 Å². The SMILES string of the molecule is OCC1CN(Cc2ccc(O)c(Cl)c2)CC1O. The molecule has 0 bridgehead atoms. The maximum atomic E-state index is 9.67. The molecule has 4 nitrogen and oxygen atoms in total. The fourth-order valence-electron chi connectivity index (χ4n) is 2.16. The van der Waals surface area contributed by atoms with Gasteiger partial charge in [-0.3, -0.25) is 4.90 Å². The van der Waals surface area contributed by atoms with Crippen molar-refractivity contribution in [1.29, 1.82) is 0 Å². The summed E-state index contributed by atoms with van der Waals surface area (Å²) in [7, 11) is 0. The van der Waals surface area contributed by atoms with E-state index in [4.69, 9.17) is 16.7 Å². The molecule has 0 aromatic heterocycles. The summed E-state index contributed by atoms with van der Waals surface area (Å²) < 4.78 is 0. The molecule has 5 heteroatoms. The number of rotatable bonds is 3. The zero-order valence-electron chi connectivity index (χ0n) is 9.38. The lowest BCUT2D eigenvalue weighted by atomic mass is 10.1. The largest absolute Gasteiger partial charge is 0.506 e. The van der Waals surface area contributed by atoms with E-state index >= 15 is 0 Å². The smallest absolute Gasteiger partial charge is 0.134 e. The van der Waals surface area contributed by atoms with Crippen LogP contribution in [0.4, 0.5) is 0 Å². The molecule has 1 aliphatic rings. The Morgan fingerprint density at radius 3 is 2.71 bits per heavy atom. The second-order valence-electron chi connectivity index (χ2n) is 4.49. The molecule has 94 valence electrons. The van der Waals surface area contributed by atoms with Gasteiger partial charge < -0.3 is 15.3 Å². The Balaban J connectivity index is 2.00. The van der Waals surface area contributed by atoms with Gasteiger partial charge in [0, 0.05) is 32.2 Å². The molecule has 0 amide bonds. The van der Waals surface area contributed by atoms with E-state index in [2.05, 4.69) is 4.90 Å². The summed E-state index contributed by atoms with van der Waals surface area (Å²) in [4.78, 5) is 2.06. The number of benzene rings is 1. The van der Waals surface area contributed by atoms with Crippen LogP contribution < -0.4 is 0 Å². The van der Waals surface area contributed by atoms with E-state index in [1.807, 2.05) is 0 Å². The summed E-state index contributed by atoms with van der Waals surface area (Å²) in [6, 6.07) is 5.09. The highest BCUT2D eigenvalue weighted by Gasteiger charge is 2.30. The minimum atomic E-state index is -0.465. The monoisotopic (exact) mass is 257 g/mol. The van der Waals surface area contributed by atoms with E-state index in [9.17, 15) is 10.2 Å². The van der Waals surface area contributed by atoms with Gasteiger partial charge in [-0.1, -0.05) is 17.7 Å². The van der Waals surface area contributed by atoms with Gasteiger partial charge in [0.05, 0.1) is 11.1 Å². The Morgan fingerprint density at radius 2 is 2.12 bits per heavy atom. The Bertz CT molecular complexity index is 399. The molecule has 0 aliphatic carbocycles. The number of phenols is 1. The van der Waals surface area contributed by atoms with E-state index in [0.29, 0.717) is 24.7 Å². The minimum Gasteiger partial charge on any atom is -0.506 e. The Morgan fingerprint density at radius 1 is 1.35 bits per heavy atom. The fraction of sp³-hybridized carbons (Fsp3) is 0.500. The van der Waals surface area contributed by atoms with Crippen LogP contribution in [0.3, 0.4) is 0 Å². The molecule has 1 aromatic carbocycles. The summed E-state index contributed by atoms with van der Waals surface area (Å²) in [6.45, 7) is 1.90. The number of β-amino-alcohol motifs (C(OH)–C–C–N with tert-alkyl or cyclic N) is 1. The van der Waals surface area contributed by atoms with Crippen LogP contribution in [-0.2, 0) is 6.54 Å². The van der Waals surface area contributed by atoms with Gasteiger partial charge in [-0.25, -0.2) is 0 Å². The predicted molar refractivity (Wildman–Crippen MR) is 65.0 cm³/mol. The van der Waals surface area contributed by atoms with Gasteiger partial charge in [-0.2, -0.15) is 0 Å². The van der Waals surface area contributed by atoms with Crippen molar-refractivity contribution in [3.05, 3.63) is 28.8 Å². The van der Waals surface area contributed by atoms with E-state index in [0.717, 1.165) is 5.56 Å². The molecule has 1 aliphatic heterocycles. The minimum absolute atomic E-state index is 0.00794. The van der Waals surface area contributed by atoms with Gasteiger partial charge in [0.1, 0.15) is 5.75 Å². The maximum absolute atomic E-state index is 9.67. The van der Waals surface area contributed by atoms with Crippen LogP contribution in [0.15, 0.2) is 18.2 Å². The molecule has 1 saturated heterocycles. The molecular formula is C12H16ClNO3. The highest BCUT2D eigenvalue weighted by molar-refractivity contribution is 6.32. The second kappa shape index (κ2) is 5.23. The standard InChI is InChI=1S/C12H16ClNO3/c13-10-3-8(1-2-11(10)16)4-14-5-9(7-15)12(17)6-14/h1-3,9,12,15-17H,4-7H2. The summed E-state index contributed by atoms with van der Waals surface area (Å²) in [5.41, 5.74) is 0.985.